The van der Waals surface area contributed by atoms with Gasteiger partial charge in [0, 0.05) is 171 Å². The number of carbonyl (C=O) groups excluding carboxylic acids is 15. The summed E-state index contributed by atoms with van der Waals surface area (Å²) in [5.74, 6) is -10.7. The Morgan fingerprint density at radius 1 is 0.259 bits per heavy atom. The number of nitrogens with two attached hydrogens (primary N) is 8. The summed E-state index contributed by atoms with van der Waals surface area (Å²) in [5.41, 5.74) is 42.4. The molecule has 3 aromatic rings. The molecule has 0 radical (unpaired) electrons. The Morgan fingerprint density at radius 2 is 0.476 bits per heavy atom. The van der Waals surface area contributed by atoms with Gasteiger partial charge in [-0.1, -0.05) is 24.6 Å². The van der Waals surface area contributed by atoms with Crippen molar-refractivity contribution < 1.29 is 92.0 Å². The van der Waals surface area contributed by atoms with Crippen molar-refractivity contribution in [2.24, 2.45) is 45.9 Å². The van der Waals surface area contributed by atoms with Gasteiger partial charge in [-0.15, -0.1) is 0 Å². The number of hydrogen-bond acceptors (Lipinski definition) is 26. The van der Waals surface area contributed by atoms with Crippen LogP contribution in [0.25, 0.3) is 0 Å². The van der Waals surface area contributed by atoms with Crippen LogP contribution < -0.4 is 162 Å². The topological polar surface area (TPSA) is 954 Å². The minimum atomic E-state index is -1.95. The van der Waals surface area contributed by atoms with Crippen molar-refractivity contribution in [2.75, 3.05) is 91.6 Å². The molecule has 0 unspecified atom stereocenters. The van der Waals surface area contributed by atoms with E-state index < -0.39 is 137 Å². The van der Waals surface area contributed by atoms with Crippen molar-refractivity contribution in [3.8, 4) is 23.0 Å². The third-order valence-electron chi connectivity index (χ3n) is 22.6. The van der Waals surface area contributed by atoms with Crippen molar-refractivity contribution in [1.82, 2.24) is 112 Å². The van der Waals surface area contributed by atoms with Gasteiger partial charge in [-0.2, -0.15) is 0 Å². The number of aliphatic hydroxyl groups is 1. The van der Waals surface area contributed by atoms with Crippen LogP contribution in [0.4, 0.5) is 0 Å². The molecule has 0 aliphatic carbocycles. The van der Waals surface area contributed by atoms with Crippen LogP contribution in [0.1, 0.15) is 220 Å². The molecule has 55 nitrogen and oxygen atoms in total. The fourth-order valence-corrected chi connectivity index (χ4v) is 15.2. The summed E-state index contributed by atoms with van der Waals surface area (Å²) in [6.07, 6.45) is 3.71. The SMILES string of the molecule is N=C(N)NCCC[C@@H](NC(=O)CCCNC(=O)[C@@H](CCCNC(=N)N)NC(=O)CCCNC(=O)[C@@H](CCCNC(=N)N)NC(=O)CCCNC(=O)[C@@H](CCCNC(=N)N)NC(=O)CCCNC(=O)[C@@H](CCCNC(=N)N)NC(=O)CCCNC(=O)[C@@H](CCCNC(=N)N)NC(=O)CCCNC(=O)[C@@H](CCCNC(=N)N)NC(=O)CCCCCNC(=O)c1ccccc1C1(O)c2ccc(O)cc2Oc2cc(O)ccc21)C(N)=O. The van der Waals surface area contributed by atoms with Gasteiger partial charge in [0.1, 0.15) is 70.9 Å². The van der Waals surface area contributed by atoms with Gasteiger partial charge in [0.05, 0.1) is 0 Å². The maximum atomic E-state index is 13.9. The third-order valence-corrected chi connectivity index (χ3v) is 22.6. The smallest absolute Gasteiger partial charge is 0.251 e. The highest BCUT2D eigenvalue weighted by Gasteiger charge is 2.45. The molecule has 1 heterocycles. The lowest BCUT2D eigenvalue weighted by atomic mass is 9.76. The molecule has 0 saturated carbocycles. The molecular formula is C92H152N36O19. The van der Waals surface area contributed by atoms with Crippen LogP contribution in [0.2, 0.25) is 0 Å². The van der Waals surface area contributed by atoms with Crippen molar-refractivity contribution in [3.63, 3.8) is 0 Å². The van der Waals surface area contributed by atoms with Crippen molar-refractivity contribution in [1.29, 1.82) is 37.9 Å². The first kappa shape index (κ1) is 123. The molecule has 47 N–H and O–H groups in total. The van der Waals surface area contributed by atoms with Gasteiger partial charge in [-0.3, -0.25) is 110 Å². The number of phenolic OH excluding ortho intramolecular Hbond substituents is 2. The summed E-state index contributed by atoms with van der Waals surface area (Å²) >= 11 is 0. The lowest BCUT2D eigenvalue weighted by Gasteiger charge is -2.37. The number of ether oxygens (including phenoxy) is 1. The molecule has 1 aliphatic heterocycles. The largest absolute Gasteiger partial charge is 0.508 e. The van der Waals surface area contributed by atoms with Crippen LogP contribution >= 0.6 is 0 Å². The minimum Gasteiger partial charge on any atom is -0.508 e. The van der Waals surface area contributed by atoms with E-state index in [0.717, 1.165) is 0 Å². The number of fused-ring (bicyclic) bond motifs is 2. The van der Waals surface area contributed by atoms with E-state index in [-0.39, 0.29) is 333 Å². The Morgan fingerprint density at radius 3 is 0.721 bits per heavy atom. The second-order valence-electron chi connectivity index (χ2n) is 34.8. The van der Waals surface area contributed by atoms with Gasteiger partial charge < -0.3 is 178 Å². The molecule has 0 saturated heterocycles. The first-order valence-corrected chi connectivity index (χ1v) is 49.1. The first-order chi connectivity index (χ1) is 70.1. The Hall–Kier alpha value is -16.0. The Bertz CT molecular complexity index is 4860. The number of hydrogen-bond donors (Lipinski definition) is 39. The Balaban J connectivity index is 1.24. The quantitative estimate of drug-likeness (QED) is 0.0142. The lowest BCUT2D eigenvalue weighted by Crippen LogP contribution is -2.49. The number of aromatic hydroxyl groups is 2. The molecule has 15 amide bonds. The van der Waals surface area contributed by atoms with E-state index >= 15 is 0 Å². The van der Waals surface area contributed by atoms with Crippen LogP contribution in [0, 0.1) is 37.9 Å². The van der Waals surface area contributed by atoms with E-state index in [1.807, 2.05) is 0 Å². The van der Waals surface area contributed by atoms with Crippen molar-refractivity contribution in [3.05, 3.63) is 82.9 Å². The van der Waals surface area contributed by atoms with Crippen LogP contribution in [0.3, 0.4) is 0 Å². The average Bonchev–Trinajstić information content (AvgIpc) is 0.718. The summed E-state index contributed by atoms with van der Waals surface area (Å²) in [6.45, 7) is 1.34. The van der Waals surface area contributed by atoms with Gasteiger partial charge in [0.15, 0.2) is 41.7 Å². The van der Waals surface area contributed by atoms with E-state index in [9.17, 15) is 87.2 Å². The second kappa shape index (κ2) is 69.0. The van der Waals surface area contributed by atoms with Crippen LogP contribution in [-0.4, -0.2) is 280 Å². The third kappa shape index (κ3) is 51.7. The molecule has 7 atom stereocenters. The fraction of sp³-hybridized carbons (Fsp3) is 0.565. The van der Waals surface area contributed by atoms with Crippen LogP contribution in [0.5, 0.6) is 23.0 Å². The monoisotopic (exact) mass is 2070 g/mol. The number of unbranched alkanes of at least 4 members (excludes halogenated alkanes) is 2. The van der Waals surface area contributed by atoms with Gasteiger partial charge in [0.2, 0.25) is 82.7 Å². The first-order valence-electron chi connectivity index (χ1n) is 49.1. The molecule has 4 rings (SSSR count). The summed E-state index contributed by atoms with van der Waals surface area (Å²) in [7, 11) is 0. The van der Waals surface area contributed by atoms with Gasteiger partial charge in [-0.05, 0) is 172 Å². The van der Waals surface area contributed by atoms with E-state index in [1.54, 1.807) is 24.3 Å². The molecule has 3 aromatic carbocycles. The molecule has 814 valence electrons. The number of phenols is 2. The van der Waals surface area contributed by atoms with E-state index in [4.69, 9.17) is 88.5 Å². The fourth-order valence-electron chi connectivity index (χ4n) is 15.2. The zero-order chi connectivity index (χ0) is 109. The minimum absolute atomic E-state index is 0.0191. The number of rotatable bonds is 74. The summed E-state index contributed by atoms with van der Waals surface area (Å²) in [4.78, 5) is 201. The molecule has 0 aromatic heterocycles. The normalized spacial score (nSPS) is 12.7. The average molecular weight is 2070 g/mol. The highest BCUT2D eigenvalue weighted by molar-refractivity contribution is 5.97. The number of primary amides is 1. The Kier molecular flexibility index (Phi) is 57.9. The van der Waals surface area contributed by atoms with E-state index in [0.29, 0.717) is 38.5 Å². The van der Waals surface area contributed by atoms with Crippen molar-refractivity contribution in [2.45, 2.75) is 241 Å². The predicted octanol–water partition coefficient (Wildman–Crippen LogP) is -6.12. The molecule has 0 bridgehead atoms. The molecule has 0 spiro atoms. The van der Waals surface area contributed by atoms with Crippen molar-refractivity contribution >= 4 is 130 Å². The van der Waals surface area contributed by atoms with Gasteiger partial charge >= 0.3 is 0 Å². The maximum Gasteiger partial charge on any atom is 0.251 e. The number of carbonyl (C=O) groups is 15. The highest BCUT2D eigenvalue weighted by atomic mass is 16.5. The van der Waals surface area contributed by atoms with Crippen LogP contribution in [-0.2, 0) is 72.7 Å². The zero-order valence-electron chi connectivity index (χ0n) is 82.9. The maximum absolute atomic E-state index is 13.9. The molecule has 55 heteroatoms. The lowest BCUT2D eigenvalue weighted by molar-refractivity contribution is -0.130. The Labute approximate surface area is 852 Å². The summed E-state index contributed by atoms with van der Waals surface area (Å²) in [5, 5.41) is 142. The molecule has 0 fully saturated rings. The number of guanidine groups is 7. The van der Waals surface area contributed by atoms with Gasteiger partial charge in [-0.25, -0.2) is 0 Å². The van der Waals surface area contributed by atoms with Crippen LogP contribution in [0.15, 0.2) is 60.7 Å². The highest BCUT2D eigenvalue weighted by Crippen LogP contribution is 2.52. The predicted molar refractivity (Wildman–Crippen MR) is 546 cm³/mol. The standard InChI is InChI=1S/C92H152N36O19/c93-77(138)61(21-6-46-115-85(94)95)122-71(132)29-13-40-109-80(141)63(23-8-48-117-87(98)99)124-73(134)31-15-42-111-82(143)65(25-10-50-119-89(102)103)126-75(136)33-17-44-113-84(145)67(27-12-52-121-91(106)107)128-76(137)34-18-45-114-83(144)66(26-11-51-120-90(104)105)127-74(135)32-16-43-112-81(142)64(24-9-49-118-88(100)101)125-72(133)30-14-41-110-79(140)62(22-7-47-116-86(96)97)123-70(131)28-2-1-5-39-108-78(139)57-19-3-4-20-58(57)92(146)59-37-35-55(129)53-68(59)147-69-54-56(130)36-38-60(69)92/h3-4,19-20,35-38,53-54,61-67,129-130,146H,1-2,5-18,21-34,39-52H2,(H2,93,138)(H,108,139)(H,109,141)(H,110,140)(H,111,143)(H,112,142)(H,113,145)(H,114,144)(H,122,132)(H,123,131)(H,124,134)(H,125,133)(H,126,136)(H,127,135)(H,128,137)(H4,94,95,115)(H4,96,97,116)(H4,98,99,117)(H4,100,101,118)(H4,102,103,119)(H4,104,105,120)(H4,106,107,121)/t61-,62-,63-,64-,65-,66-,67-/m1/s1. The molecule has 147 heavy (non-hydrogen) atoms. The van der Waals surface area contributed by atoms with Gasteiger partial charge in [0.25, 0.3) is 5.91 Å². The number of nitrogens with one attached hydrogen (secondary N) is 28. The number of benzene rings is 3. The van der Waals surface area contributed by atoms with E-state index in [2.05, 4.69) is 112 Å². The molecule has 1 aliphatic rings. The zero-order valence-corrected chi connectivity index (χ0v) is 82.9. The van der Waals surface area contributed by atoms with E-state index in [1.165, 1.54) is 36.4 Å². The molecular weight excluding hydrogens is 1910 g/mol. The summed E-state index contributed by atoms with van der Waals surface area (Å²) < 4.78 is 5.96. The number of amides is 15. The second-order valence-corrected chi connectivity index (χ2v) is 34.8. The summed E-state index contributed by atoms with van der Waals surface area (Å²) in [6, 6.07) is 7.36.